The minimum atomic E-state index is 0.872. The number of hydrogen-bond donors (Lipinski definition) is 2. The number of para-hydroxylation sites is 1. The number of thioether (sulfide) groups is 1. The second kappa shape index (κ2) is 7.31. The summed E-state index contributed by atoms with van der Waals surface area (Å²) < 4.78 is 0. The van der Waals surface area contributed by atoms with Crippen LogP contribution in [-0.4, -0.2) is 23.3 Å². The third-order valence-corrected chi connectivity index (χ3v) is 4.06. The average molecular weight is 302 g/mol. The summed E-state index contributed by atoms with van der Waals surface area (Å²) >= 11 is 1.72. The molecule has 0 aliphatic carbocycles. The second-order valence-corrected chi connectivity index (χ2v) is 5.64. The zero-order valence-corrected chi connectivity index (χ0v) is 13.8. The number of aromatic nitrogens is 2. The standard InChI is InChI=1S/C16H22N4S/c1-5-8-14-19-15(17-3)11(2)16(20-14)18-12-9-6-7-10-13(12)21-4/h6-7,9-10H,5,8H2,1-4H3,(H2,17,18,19,20). The lowest BCUT2D eigenvalue weighted by molar-refractivity contribution is 0.834. The van der Waals surface area contributed by atoms with E-state index < -0.39 is 0 Å². The first kappa shape index (κ1) is 15.6. The predicted molar refractivity (Wildman–Crippen MR) is 91.8 cm³/mol. The molecular weight excluding hydrogens is 280 g/mol. The molecule has 0 unspecified atom stereocenters. The van der Waals surface area contributed by atoms with Crippen LogP contribution in [0.1, 0.15) is 24.7 Å². The smallest absolute Gasteiger partial charge is 0.139 e. The van der Waals surface area contributed by atoms with E-state index in [1.807, 2.05) is 26.1 Å². The molecule has 112 valence electrons. The Balaban J connectivity index is 2.40. The molecule has 4 nitrogen and oxygen atoms in total. The van der Waals surface area contributed by atoms with Crippen molar-refractivity contribution >= 4 is 29.1 Å². The fraction of sp³-hybridized carbons (Fsp3) is 0.375. The molecule has 2 rings (SSSR count). The molecule has 0 aliphatic rings. The monoisotopic (exact) mass is 302 g/mol. The molecule has 0 saturated heterocycles. The van der Waals surface area contributed by atoms with Crippen molar-refractivity contribution in [1.29, 1.82) is 0 Å². The van der Waals surface area contributed by atoms with E-state index in [0.29, 0.717) is 0 Å². The Labute approximate surface area is 130 Å². The van der Waals surface area contributed by atoms with E-state index >= 15 is 0 Å². The van der Waals surface area contributed by atoms with Gasteiger partial charge < -0.3 is 10.6 Å². The highest BCUT2D eigenvalue weighted by molar-refractivity contribution is 7.98. The summed E-state index contributed by atoms with van der Waals surface area (Å²) in [5, 5.41) is 6.61. The lowest BCUT2D eigenvalue weighted by Crippen LogP contribution is -2.07. The molecule has 1 heterocycles. The van der Waals surface area contributed by atoms with Crippen molar-refractivity contribution in [3.63, 3.8) is 0 Å². The molecule has 2 N–H and O–H groups in total. The minimum absolute atomic E-state index is 0.872. The number of aryl methyl sites for hydroxylation is 1. The van der Waals surface area contributed by atoms with E-state index in [9.17, 15) is 0 Å². The fourth-order valence-electron chi connectivity index (χ4n) is 2.14. The molecule has 0 aliphatic heterocycles. The highest BCUT2D eigenvalue weighted by Crippen LogP contribution is 2.29. The Kier molecular flexibility index (Phi) is 5.44. The Bertz CT molecular complexity index is 613. The Morgan fingerprint density at radius 3 is 2.52 bits per heavy atom. The molecule has 0 saturated carbocycles. The number of nitrogens with zero attached hydrogens (tertiary/aromatic N) is 2. The van der Waals surface area contributed by atoms with Gasteiger partial charge in [0.1, 0.15) is 17.5 Å². The molecule has 0 atom stereocenters. The van der Waals surface area contributed by atoms with Crippen LogP contribution in [0.25, 0.3) is 0 Å². The van der Waals surface area contributed by atoms with Crippen molar-refractivity contribution in [2.75, 3.05) is 23.9 Å². The molecule has 0 amide bonds. The maximum atomic E-state index is 4.67. The third kappa shape index (κ3) is 3.67. The van der Waals surface area contributed by atoms with Gasteiger partial charge >= 0.3 is 0 Å². The number of nitrogens with one attached hydrogen (secondary N) is 2. The van der Waals surface area contributed by atoms with Gasteiger partial charge in [-0.2, -0.15) is 0 Å². The Hall–Kier alpha value is -1.75. The third-order valence-electron chi connectivity index (χ3n) is 3.26. The molecule has 0 fully saturated rings. The van der Waals surface area contributed by atoms with Crippen molar-refractivity contribution in [2.45, 2.75) is 31.6 Å². The number of benzene rings is 1. The number of anilines is 3. The van der Waals surface area contributed by atoms with Crippen molar-refractivity contribution in [3.05, 3.63) is 35.7 Å². The zero-order valence-electron chi connectivity index (χ0n) is 13.0. The first-order valence-electron chi connectivity index (χ1n) is 7.14. The topological polar surface area (TPSA) is 49.8 Å². The first-order chi connectivity index (χ1) is 10.2. The van der Waals surface area contributed by atoms with Gasteiger partial charge in [0.25, 0.3) is 0 Å². The molecule has 2 aromatic rings. The van der Waals surface area contributed by atoms with Crippen LogP contribution in [0.2, 0.25) is 0 Å². The largest absolute Gasteiger partial charge is 0.373 e. The van der Waals surface area contributed by atoms with E-state index in [1.165, 1.54) is 4.90 Å². The molecule has 0 radical (unpaired) electrons. The summed E-state index contributed by atoms with van der Waals surface area (Å²) in [5.41, 5.74) is 2.12. The van der Waals surface area contributed by atoms with E-state index in [0.717, 1.165) is 41.6 Å². The molecule has 0 spiro atoms. The van der Waals surface area contributed by atoms with E-state index in [1.54, 1.807) is 11.8 Å². The van der Waals surface area contributed by atoms with Crippen LogP contribution in [0.3, 0.4) is 0 Å². The van der Waals surface area contributed by atoms with Gasteiger partial charge in [-0.15, -0.1) is 11.8 Å². The highest BCUT2D eigenvalue weighted by atomic mass is 32.2. The van der Waals surface area contributed by atoms with Gasteiger partial charge in [-0.1, -0.05) is 19.1 Å². The van der Waals surface area contributed by atoms with Crippen LogP contribution in [0.4, 0.5) is 17.3 Å². The maximum Gasteiger partial charge on any atom is 0.139 e. The lowest BCUT2D eigenvalue weighted by atomic mass is 10.2. The Morgan fingerprint density at radius 1 is 1.14 bits per heavy atom. The Morgan fingerprint density at radius 2 is 1.86 bits per heavy atom. The summed E-state index contributed by atoms with van der Waals surface area (Å²) in [6.45, 7) is 4.17. The van der Waals surface area contributed by atoms with Gasteiger partial charge in [0, 0.05) is 23.9 Å². The van der Waals surface area contributed by atoms with Gasteiger partial charge in [0.15, 0.2) is 0 Å². The van der Waals surface area contributed by atoms with E-state index in [4.69, 9.17) is 0 Å². The van der Waals surface area contributed by atoms with Gasteiger partial charge in [0.2, 0.25) is 0 Å². The van der Waals surface area contributed by atoms with Crippen LogP contribution < -0.4 is 10.6 Å². The van der Waals surface area contributed by atoms with Gasteiger partial charge in [-0.25, -0.2) is 9.97 Å². The van der Waals surface area contributed by atoms with Gasteiger partial charge in [-0.05, 0) is 31.7 Å². The summed E-state index contributed by atoms with van der Waals surface area (Å²) in [6.07, 6.45) is 4.00. The normalized spacial score (nSPS) is 10.5. The lowest BCUT2D eigenvalue weighted by Gasteiger charge is -2.15. The SMILES string of the molecule is CCCc1nc(NC)c(C)c(Nc2ccccc2SC)n1. The van der Waals surface area contributed by atoms with Gasteiger partial charge in [0.05, 0.1) is 5.69 Å². The summed E-state index contributed by atoms with van der Waals surface area (Å²) in [6, 6.07) is 8.26. The average Bonchev–Trinajstić information content (AvgIpc) is 2.51. The van der Waals surface area contributed by atoms with Crippen molar-refractivity contribution in [1.82, 2.24) is 9.97 Å². The number of rotatable bonds is 6. The quantitative estimate of drug-likeness (QED) is 0.781. The summed E-state index contributed by atoms with van der Waals surface area (Å²) in [5.74, 6) is 2.63. The van der Waals surface area contributed by atoms with Crippen molar-refractivity contribution < 1.29 is 0 Å². The summed E-state index contributed by atoms with van der Waals surface area (Å²) in [7, 11) is 1.89. The predicted octanol–water partition coefficient (Wildman–Crippen LogP) is 4.24. The van der Waals surface area contributed by atoms with Crippen LogP contribution in [0.5, 0.6) is 0 Å². The van der Waals surface area contributed by atoms with Gasteiger partial charge in [-0.3, -0.25) is 0 Å². The van der Waals surface area contributed by atoms with Crippen molar-refractivity contribution in [2.24, 2.45) is 0 Å². The van der Waals surface area contributed by atoms with Crippen LogP contribution in [-0.2, 0) is 6.42 Å². The molecule has 21 heavy (non-hydrogen) atoms. The molecule has 5 heteroatoms. The van der Waals surface area contributed by atoms with E-state index in [2.05, 4.69) is 45.9 Å². The summed E-state index contributed by atoms with van der Waals surface area (Å²) in [4.78, 5) is 10.4. The minimum Gasteiger partial charge on any atom is -0.373 e. The molecule has 1 aromatic heterocycles. The molecule has 1 aromatic carbocycles. The highest BCUT2D eigenvalue weighted by Gasteiger charge is 2.11. The van der Waals surface area contributed by atoms with Crippen LogP contribution in [0, 0.1) is 6.92 Å². The second-order valence-electron chi connectivity index (χ2n) is 4.79. The number of hydrogen-bond acceptors (Lipinski definition) is 5. The van der Waals surface area contributed by atoms with Crippen LogP contribution >= 0.6 is 11.8 Å². The van der Waals surface area contributed by atoms with Crippen molar-refractivity contribution in [3.8, 4) is 0 Å². The maximum absolute atomic E-state index is 4.67. The van der Waals surface area contributed by atoms with Crippen LogP contribution in [0.15, 0.2) is 29.2 Å². The first-order valence-corrected chi connectivity index (χ1v) is 8.37. The fourth-order valence-corrected chi connectivity index (χ4v) is 2.69. The van der Waals surface area contributed by atoms with E-state index in [-0.39, 0.29) is 0 Å². The zero-order chi connectivity index (χ0) is 15.2. The molecule has 0 bridgehead atoms. The molecular formula is C16H22N4S.